The third-order valence-corrected chi connectivity index (χ3v) is 8.58. The molecule has 0 saturated heterocycles. The third kappa shape index (κ3) is 3.68. The van der Waals surface area contributed by atoms with E-state index in [2.05, 4.69) is 132 Å². The van der Waals surface area contributed by atoms with Gasteiger partial charge in [-0.2, -0.15) is 0 Å². The van der Waals surface area contributed by atoms with Gasteiger partial charge in [-0.3, -0.25) is 4.57 Å². The number of hydrogen-bond acceptors (Lipinski definition) is 2. The first-order chi connectivity index (χ1) is 21.3. The quantitative estimate of drug-likeness (QED) is 0.206. The molecule has 9 rings (SSSR count). The van der Waals surface area contributed by atoms with Crippen LogP contribution in [0.4, 0.5) is 0 Å². The van der Waals surface area contributed by atoms with Crippen LogP contribution >= 0.6 is 0 Å². The Bertz CT molecular complexity index is 2440. The predicted octanol–water partition coefficient (Wildman–Crippen LogP) is 10.4. The topological polar surface area (TPSA) is 30.7 Å². The van der Waals surface area contributed by atoms with Crippen LogP contribution in [-0.2, 0) is 0 Å². The fourth-order valence-corrected chi connectivity index (χ4v) is 6.64. The van der Waals surface area contributed by atoms with Crippen LogP contribution in [0.1, 0.15) is 0 Å². The average molecular weight is 548 g/mol. The number of hydrogen-bond donors (Lipinski definition) is 0. The normalized spacial score (nSPS) is 11.7. The van der Waals surface area contributed by atoms with Gasteiger partial charge in [0.1, 0.15) is 5.82 Å². The van der Waals surface area contributed by atoms with Crippen molar-refractivity contribution in [2.75, 3.05) is 0 Å². The Morgan fingerprint density at radius 3 is 1.51 bits per heavy atom. The minimum absolute atomic E-state index is 0.708. The number of fused-ring (bicyclic) bond motifs is 9. The summed E-state index contributed by atoms with van der Waals surface area (Å²) in [4.78, 5) is 10.3. The number of nitrogens with zero attached hydrogens (tertiary/aromatic N) is 3. The van der Waals surface area contributed by atoms with Crippen molar-refractivity contribution in [3.8, 4) is 28.5 Å². The van der Waals surface area contributed by atoms with Gasteiger partial charge in [0.15, 0.2) is 5.82 Å². The first-order valence-electron chi connectivity index (χ1n) is 14.6. The van der Waals surface area contributed by atoms with Crippen LogP contribution in [0.2, 0.25) is 0 Å². The molecular weight excluding hydrogens is 522 g/mol. The summed E-state index contributed by atoms with van der Waals surface area (Å²) in [6, 6.07) is 53.7. The van der Waals surface area contributed by atoms with Crippen molar-refractivity contribution < 1.29 is 0 Å². The van der Waals surface area contributed by atoms with Crippen LogP contribution in [0, 0.1) is 0 Å². The summed E-state index contributed by atoms with van der Waals surface area (Å²) in [5.41, 5.74) is 5.20. The molecule has 3 nitrogen and oxygen atoms in total. The second kappa shape index (κ2) is 9.37. The molecule has 2 heterocycles. The Kier molecular flexibility index (Phi) is 5.20. The maximum atomic E-state index is 5.22. The Balaban J connectivity index is 1.43. The molecule has 0 spiro atoms. The summed E-state index contributed by atoms with van der Waals surface area (Å²) in [6.07, 6.45) is 0. The van der Waals surface area contributed by atoms with Gasteiger partial charge in [-0.05, 0) is 50.5 Å². The maximum Gasteiger partial charge on any atom is 0.162 e. The highest BCUT2D eigenvalue weighted by molar-refractivity contribution is 6.28. The molecule has 0 aliphatic carbocycles. The fraction of sp³-hybridized carbons (Fsp3) is 0. The molecular formula is C40H25N3. The summed E-state index contributed by atoms with van der Waals surface area (Å²) in [5.74, 6) is 1.56. The SMILES string of the molecule is c1ccc(-c2cc(-n3c4ccccc4c4cc5c6ccccc6c6ccccc6c5cc43)nc(-c3ccccc3)n2)cc1. The van der Waals surface area contributed by atoms with Crippen molar-refractivity contribution in [3.63, 3.8) is 0 Å². The lowest BCUT2D eigenvalue weighted by molar-refractivity contribution is 1.05. The van der Waals surface area contributed by atoms with Gasteiger partial charge in [-0.25, -0.2) is 9.97 Å². The van der Waals surface area contributed by atoms with E-state index < -0.39 is 0 Å². The lowest BCUT2D eigenvalue weighted by Crippen LogP contribution is -2.02. The highest BCUT2D eigenvalue weighted by atomic mass is 15.1. The van der Waals surface area contributed by atoms with Crippen molar-refractivity contribution in [3.05, 3.63) is 152 Å². The van der Waals surface area contributed by atoms with E-state index in [9.17, 15) is 0 Å². The third-order valence-electron chi connectivity index (χ3n) is 8.58. The van der Waals surface area contributed by atoms with Crippen molar-refractivity contribution >= 4 is 54.1 Å². The molecule has 7 aromatic carbocycles. The van der Waals surface area contributed by atoms with Crippen molar-refractivity contribution in [1.29, 1.82) is 0 Å². The predicted molar refractivity (Wildman–Crippen MR) is 180 cm³/mol. The molecule has 9 aromatic rings. The molecule has 0 amide bonds. The molecule has 0 atom stereocenters. The zero-order valence-electron chi connectivity index (χ0n) is 23.3. The smallest absolute Gasteiger partial charge is 0.162 e. The highest BCUT2D eigenvalue weighted by Gasteiger charge is 2.18. The fourth-order valence-electron chi connectivity index (χ4n) is 6.64. The minimum Gasteiger partial charge on any atom is -0.294 e. The van der Waals surface area contributed by atoms with Gasteiger partial charge in [0.2, 0.25) is 0 Å². The zero-order chi connectivity index (χ0) is 28.3. The Morgan fingerprint density at radius 2 is 0.860 bits per heavy atom. The lowest BCUT2D eigenvalue weighted by Gasteiger charge is -2.13. The molecule has 0 fully saturated rings. The van der Waals surface area contributed by atoms with Crippen LogP contribution in [0.25, 0.3) is 82.6 Å². The van der Waals surface area contributed by atoms with Crippen molar-refractivity contribution in [2.45, 2.75) is 0 Å². The Hall–Kier alpha value is -5.80. The number of aromatic nitrogens is 3. The van der Waals surface area contributed by atoms with E-state index >= 15 is 0 Å². The Labute approximate surface area is 248 Å². The van der Waals surface area contributed by atoms with E-state index in [0.717, 1.165) is 33.7 Å². The van der Waals surface area contributed by atoms with E-state index in [4.69, 9.17) is 9.97 Å². The van der Waals surface area contributed by atoms with Crippen LogP contribution in [-0.4, -0.2) is 14.5 Å². The van der Waals surface area contributed by atoms with Gasteiger partial charge in [0.05, 0.1) is 16.7 Å². The van der Waals surface area contributed by atoms with Gasteiger partial charge in [-0.15, -0.1) is 0 Å². The first kappa shape index (κ1) is 23.9. The lowest BCUT2D eigenvalue weighted by atomic mass is 9.93. The zero-order valence-corrected chi connectivity index (χ0v) is 23.3. The molecule has 0 unspecified atom stereocenters. The van der Waals surface area contributed by atoms with E-state index in [0.29, 0.717) is 5.82 Å². The molecule has 0 aliphatic heterocycles. The molecule has 43 heavy (non-hydrogen) atoms. The summed E-state index contributed by atoms with van der Waals surface area (Å²) < 4.78 is 2.31. The first-order valence-corrected chi connectivity index (χ1v) is 14.6. The second-order valence-corrected chi connectivity index (χ2v) is 11.0. The van der Waals surface area contributed by atoms with Gasteiger partial charge < -0.3 is 0 Å². The van der Waals surface area contributed by atoms with E-state index in [1.807, 2.05) is 24.3 Å². The monoisotopic (exact) mass is 547 g/mol. The molecule has 200 valence electrons. The van der Waals surface area contributed by atoms with Gasteiger partial charge in [0, 0.05) is 28.0 Å². The van der Waals surface area contributed by atoms with Gasteiger partial charge in [0.25, 0.3) is 0 Å². The molecule has 0 bridgehead atoms. The van der Waals surface area contributed by atoms with Crippen LogP contribution in [0.3, 0.4) is 0 Å². The van der Waals surface area contributed by atoms with Gasteiger partial charge in [-0.1, -0.05) is 127 Å². The van der Waals surface area contributed by atoms with Crippen molar-refractivity contribution in [1.82, 2.24) is 14.5 Å². The molecule has 0 radical (unpaired) electrons. The average Bonchev–Trinajstić information content (AvgIpc) is 3.41. The summed E-state index contributed by atoms with van der Waals surface area (Å²) in [7, 11) is 0. The van der Waals surface area contributed by atoms with Crippen LogP contribution in [0.15, 0.2) is 152 Å². The second-order valence-electron chi connectivity index (χ2n) is 11.0. The number of para-hydroxylation sites is 1. The number of benzene rings is 7. The van der Waals surface area contributed by atoms with E-state index in [-0.39, 0.29) is 0 Å². The standard InChI is InChI=1S/C40H25N3/c1-3-13-26(14-4-1)36-25-39(42-40(41-36)27-15-5-2-6-16-27)43-37-22-12-11-21-32(37)35-23-33-30-19-9-7-17-28(30)29-18-8-10-20-31(29)34(33)24-38(35)43/h1-25H. The van der Waals surface area contributed by atoms with Crippen LogP contribution in [0.5, 0.6) is 0 Å². The Morgan fingerprint density at radius 1 is 0.349 bits per heavy atom. The summed E-state index contributed by atoms with van der Waals surface area (Å²) >= 11 is 0. The van der Waals surface area contributed by atoms with Crippen molar-refractivity contribution in [2.24, 2.45) is 0 Å². The molecule has 0 aliphatic rings. The highest BCUT2D eigenvalue weighted by Crippen LogP contribution is 2.41. The number of rotatable bonds is 3. The summed E-state index contributed by atoms with van der Waals surface area (Å²) in [6.45, 7) is 0. The van der Waals surface area contributed by atoms with Gasteiger partial charge >= 0.3 is 0 Å². The largest absolute Gasteiger partial charge is 0.294 e. The van der Waals surface area contributed by atoms with E-state index in [1.54, 1.807) is 0 Å². The summed E-state index contributed by atoms with van der Waals surface area (Å²) in [5, 5.41) is 10.0. The molecule has 0 N–H and O–H groups in total. The molecule has 3 heteroatoms. The maximum absolute atomic E-state index is 5.22. The van der Waals surface area contributed by atoms with Crippen LogP contribution < -0.4 is 0 Å². The molecule has 0 saturated carbocycles. The molecule has 2 aromatic heterocycles. The minimum atomic E-state index is 0.708. The van der Waals surface area contributed by atoms with E-state index in [1.165, 1.54) is 43.1 Å².